The first-order chi connectivity index (χ1) is 21.3. The van der Waals surface area contributed by atoms with Crippen molar-refractivity contribution in [2.75, 3.05) is 38.1 Å². The zero-order chi connectivity index (χ0) is 32.3. The molecule has 1 aromatic carbocycles. The third-order valence-corrected chi connectivity index (χ3v) is 10.6. The van der Waals surface area contributed by atoms with E-state index < -0.39 is 33.9 Å². The van der Waals surface area contributed by atoms with Gasteiger partial charge in [-0.25, -0.2) is 13.4 Å². The summed E-state index contributed by atoms with van der Waals surface area (Å²) in [7, 11) is -1.95. The van der Waals surface area contributed by atoms with Gasteiger partial charge in [0, 0.05) is 51.0 Å². The summed E-state index contributed by atoms with van der Waals surface area (Å²) in [4.78, 5) is 20.9. The molecule has 0 radical (unpaired) electrons. The first kappa shape index (κ1) is 30.9. The van der Waals surface area contributed by atoms with Gasteiger partial charge in [-0.3, -0.25) is 9.20 Å². The predicted molar refractivity (Wildman–Crippen MR) is 158 cm³/mol. The predicted octanol–water partition coefficient (Wildman–Crippen LogP) is 3.69. The van der Waals surface area contributed by atoms with Crippen LogP contribution in [0.5, 0.6) is 0 Å². The number of carboxylic acids is 1. The van der Waals surface area contributed by atoms with E-state index in [1.807, 2.05) is 20.0 Å². The van der Waals surface area contributed by atoms with Crippen LogP contribution in [0.2, 0.25) is 0 Å². The number of aliphatic carboxylic acids is 1. The van der Waals surface area contributed by atoms with E-state index in [0.29, 0.717) is 41.2 Å². The first-order valence-electron chi connectivity index (χ1n) is 14.4. The molecule has 0 aliphatic carbocycles. The number of hydrogen-bond donors (Lipinski definition) is 1. The summed E-state index contributed by atoms with van der Waals surface area (Å²) in [6.07, 6.45) is -2.26. The van der Waals surface area contributed by atoms with Crippen molar-refractivity contribution in [3.63, 3.8) is 0 Å². The number of benzene rings is 1. The average molecular weight is 644 g/mol. The number of piperazine rings is 1. The fourth-order valence-corrected chi connectivity index (χ4v) is 7.99. The molecule has 4 aromatic rings. The maximum absolute atomic E-state index is 14.1. The molecule has 0 saturated carbocycles. The number of rotatable bonds is 6. The van der Waals surface area contributed by atoms with Gasteiger partial charge in [-0.05, 0) is 66.9 Å². The number of aryl methyl sites for hydroxylation is 2. The third kappa shape index (κ3) is 5.64. The average Bonchev–Trinajstić information content (AvgIpc) is 3.40. The molecule has 5 heterocycles. The van der Waals surface area contributed by atoms with E-state index in [4.69, 9.17) is 0 Å². The van der Waals surface area contributed by atoms with Gasteiger partial charge in [0.05, 0.1) is 12.5 Å². The van der Waals surface area contributed by atoms with Crippen molar-refractivity contribution >= 4 is 27.5 Å². The fourth-order valence-electron chi connectivity index (χ4n) is 6.39. The molecule has 1 fully saturated rings. The molecule has 45 heavy (non-hydrogen) atoms. The number of halogens is 3. The number of aromatic nitrogens is 4. The van der Waals surface area contributed by atoms with Crippen LogP contribution in [0.4, 0.5) is 19.0 Å². The van der Waals surface area contributed by atoms with Crippen LogP contribution in [-0.4, -0.2) is 87.5 Å². The summed E-state index contributed by atoms with van der Waals surface area (Å²) in [5, 5.41) is 16.9. The molecule has 15 heteroatoms. The van der Waals surface area contributed by atoms with Crippen LogP contribution in [0.1, 0.15) is 46.0 Å². The summed E-state index contributed by atoms with van der Waals surface area (Å²) < 4.78 is 70.8. The second kappa shape index (κ2) is 11.4. The summed E-state index contributed by atoms with van der Waals surface area (Å²) in [5.41, 5.74) is 2.94. The lowest BCUT2D eigenvalue weighted by Crippen LogP contribution is -2.55. The van der Waals surface area contributed by atoms with Gasteiger partial charge in [0.2, 0.25) is 15.8 Å². The van der Waals surface area contributed by atoms with Crippen LogP contribution in [0.15, 0.2) is 53.7 Å². The van der Waals surface area contributed by atoms with Crippen molar-refractivity contribution in [3.05, 3.63) is 82.4 Å². The van der Waals surface area contributed by atoms with E-state index in [1.54, 1.807) is 37.4 Å². The number of carbonyl (C=O) groups is 1. The Morgan fingerprint density at radius 3 is 2.62 bits per heavy atom. The Morgan fingerprint density at radius 1 is 1.11 bits per heavy atom. The number of sulfonamides is 1. The Hall–Kier alpha value is -4.08. The van der Waals surface area contributed by atoms with Crippen molar-refractivity contribution in [1.82, 2.24) is 28.8 Å². The summed E-state index contributed by atoms with van der Waals surface area (Å²) in [6, 6.07) is 9.90. The van der Waals surface area contributed by atoms with Gasteiger partial charge in [0.15, 0.2) is 5.65 Å². The molecule has 1 saturated heterocycles. The van der Waals surface area contributed by atoms with Crippen LogP contribution in [-0.2, 0) is 27.5 Å². The number of fused-ring (bicyclic) bond motifs is 4. The van der Waals surface area contributed by atoms with Crippen LogP contribution in [0.25, 0.3) is 5.65 Å². The van der Waals surface area contributed by atoms with E-state index in [0.717, 1.165) is 16.5 Å². The number of alkyl halides is 3. The standard InChI is InChI=1S/C30H32F3N7O4S/c1-18-6-7-20(24(14-26(41)42)23-8-10-40-27(19(23)2)35-36-29(40)30(31,32)33)13-21(18)15-38-17-22-16-37(3)11-12-39(22)28-25(45(38,43)44)5-4-9-34-28/h4-10,13,22,24H,11-12,14-17H2,1-3H3,(H,41,42)/t22?,24-/m0/s1. The van der Waals surface area contributed by atoms with Gasteiger partial charge >= 0.3 is 12.1 Å². The van der Waals surface area contributed by atoms with Gasteiger partial charge in [-0.15, -0.1) is 10.2 Å². The largest absolute Gasteiger partial charge is 0.481 e. The zero-order valence-corrected chi connectivity index (χ0v) is 25.7. The summed E-state index contributed by atoms with van der Waals surface area (Å²) in [5.74, 6) is -2.57. The molecule has 0 bridgehead atoms. The second-order valence-electron chi connectivity index (χ2n) is 11.7. The van der Waals surface area contributed by atoms with Crippen molar-refractivity contribution in [2.24, 2.45) is 0 Å². The number of pyridine rings is 2. The van der Waals surface area contributed by atoms with Crippen molar-refractivity contribution in [3.8, 4) is 0 Å². The smallest absolute Gasteiger partial charge is 0.452 e. The van der Waals surface area contributed by atoms with E-state index in [1.165, 1.54) is 16.6 Å². The first-order valence-corrected chi connectivity index (χ1v) is 15.8. The molecule has 1 unspecified atom stereocenters. The molecule has 2 aliphatic heterocycles. The van der Waals surface area contributed by atoms with Crippen LogP contribution < -0.4 is 4.90 Å². The van der Waals surface area contributed by atoms with Crippen LogP contribution in [0, 0.1) is 13.8 Å². The molecule has 2 aliphatic rings. The minimum Gasteiger partial charge on any atom is -0.481 e. The zero-order valence-electron chi connectivity index (χ0n) is 24.9. The molecule has 3 aromatic heterocycles. The summed E-state index contributed by atoms with van der Waals surface area (Å²) in [6.45, 7) is 5.79. The highest BCUT2D eigenvalue weighted by molar-refractivity contribution is 7.89. The summed E-state index contributed by atoms with van der Waals surface area (Å²) >= 11 is 0. The lowest BCUT2D eigenvalue weighted by Gasteiger charge is -2.40. The van der Waals surface area contributed by atoms with E-state index >= 15 is 0 Å². The minimum atomic E-state index is -4.71. The topological polar surface area (TPSA) is 124 Å². The molecule has 11 nitrogen and oxygen atoms in total. The monoisotopic (exact) mass is 643 g/mol. The molecule has 2 atom stereocenters. The lowest BCUT2D eigenvalue weighted by atomic mass is 9.85. The number of hydrogen-bond acceptors (Lipinski definition) is 8. The molecule has 6 rings (SSSR count). The quantitative estimate of drug-likeness (QED) is 0.335. The molecule has 238 valence electrons. The van der Waals surface area contributed by atoms with Gasteiger partial charge in [-0.2, -0.15) is 17.5 Å². The minimum absolute atomic E-state index is 0.0208. The molecule has 1 N–H and O–H groups in total. The van der Waals surface area contributed by atoms with Crippen LogP contribution >= 0.6 is 0 Å². The Kier molecular flexibility index (Phi) is 7.82. The molecule has 0 amide bonds. The Bertz CT molecular complexity index is 1900. The Balaban J connectivity index is 1.40. The number of nitrogens with zero attached hydrogens (tertiary/aromatic N) is 7. The van der Waals surface area contributed by atoms with Gasteiger partial charge in [-0.1, -0.05) is 18.2 Å². The van der Waals surface area contributed by atoms with Gasteiger partial charge in [0.1, 0.15) is 10.7 Å². The SMILES string of the molecule is Cc1ccc([C@H](CC(=O)O)c2ccn3c(C(F)(F)F)nnc3c2C)cc1CN1CC2CN(C)CCN2c2ncccc2S1(=O)=O. The van der Waals surface area contributed by atoms with Gasteiger partial charge in [0.25, 0.3) is 0 Å². The number of likely N-dealkylation sites (N-methyl/N-ethyl adjacent to an activating group) is 1. The van der Waals surface area contributed by atoms with Gasteiger partial charge < -0.3 is 14.9 Å². The number of carboxylic acid groups (broad SMARTS) is 1. The molecular formula is C30H32F3N7O4S. The van der Waals surface area contributed by atoms with E-state index in [2.05, 4.69) is 25.0 Å². The molecular weight excluding hydrogens is 611 g/mol. The van der Waals surface area contributed by atoms with Crippen molar-refractivity contribution in [2.45, 2.75) is 49.8 Å². The number of anilines is 1. The maximum Gasteiger partial charge on any atom is 0.452 e. The Morgan fingerprint density at radius 2 is 1.89 bits per heavy atom. The highest BCUT2D eigenvalue weighted by Gasteiger charge is 2.40. The molecule has 0 spiro atoms. The second-order valence-corrected chi connectivity index (χ2v) is 13.6. The van der Waals surface area contributed by atoms with E-state index in [9.17, 15) is 31.5 Å². The highest BCUT2D eigenvalue weighted by atomic mass is 32.2. The fraction of sp³-hybridized carbons (Fsp3) is 0.400. The van der Waals surface area contributed by atoms with E-state index in [-0.39, 0.29) is 36.1 Å². The normalized spacial score (nSPS) is 19.6. The lowest BCUT2D eigenvalue weighted by molar-refractivity contribution is -0.145. The highest BCUT2D eigenvalue weighted by Crippen LogP contribution is 2.37. The third-order valence-electron chi connectivity index (χ3n) is 8.74. The van der Waals surface area contributed by atoms with Crippen molar-refractivity contribution < 1.29 is 31.5 Å². The van der Waals surface area contributed by atoms with Crippen LogP contribution in [0.3, 0.4) is 0 Å². The maximum atomic E-state index is 14.1. The Labute approximate surface area is 258 Å². The van der Waals surface area contributed by atoms with Crippen molar-refractivity contribution in [1.29, 1.82) is 0 Å².